The summed E-state index contributed by atoms with van der Waals surface area (Å²) in [7, 11) is 3.25. The summed E-state index contributed by atoms with van der Waals surface area (Å²) in [5.74, 6) is 1.86. The van der Waals surface area contributed by atoms with Crippen LogP contribution in [0.1, 0.15) is 34.1 Å². The van der Waals surface area contributed by atoms with E-state index in [0.29, 0.717) is 23.6 Å². The number of aryl methyl sites for hydroxylation is 1. The Morgan fingerprint density at radius 2 is 1.72 bits per heavy atom. The zero-order chi connectivity index (χ0) is 20.4. The van der Waals surface area contributed by atoms with Crippen molar-refractivity contribution in [1.29, 1.82) is 0 Å². The predicted octanol–water partition coefficient (Wildman–Crippen LogP) is 4.09. The van der Waals surface area contributed by atoms with Gasteiger partial charge in [0.2, 0.25) is 0 Å². The van der Waals surface area contributed by atoms with Crippen LogP contribution in [0, 0.1) is 12.7 Å². The molecule has 2 heterocycles. The van der Waals surface area contributed by atoms with E-state index in [0.717, 1.165) is 35.5 Å². The number of ether oxygens (including phenoxy) is 2. The minimum atomic E-state index is -0.235. The molecule has 0 amide bonds. The third-order valence-corrected chi connectivity index (χ3v) is 5.39. The van der Waals surface area contributed by atoms with Gasteiger partial charge in [0.15, 0.2) is 11.5 Å². The molecule has 4 rings (SSSR count). The van der Waals surface area contributed by atoms with Crippen molar-refractivity contribution < 1.29 is 13.9 Å². The Morgan fingerprint density at radius 3 is 2.41 bits per heavy atom. The molecule has 1 aliphatic rings. The molecule has 2 aromatic carbocycles. The average Bonchev–Trinajstić information content (AvgIpc) is 2.75. The van der Waals surface area contributed by atoms with E-state index in [9.17, 15) is 4.39 Å². The van der Waals surface area contributed by atoms with E-state index in [-0.39, 0.29) is 11.9 Å². The summed E-state index contributed by atoms with van der Waals surface area (Å²) in [5, 5.41) is 0. The highest BCUT2D eigenvalue weighted by molar-refractivity contribution is 5.51. The second-order valence-corrected chi connectivity index (χ2v) is 7.19. The van der Waals surface area contributed by atoms with Crippen molar-refractivity contribution in [2.75, 3.05) is 20.8 Å². The standard InChI is InChI=1S/C23H24FN3O2/c1-15-25-12-16(13-26-15)14-27-9-8-17-10-21(28-2)22(29-3)11-19(17)23(27)18-6-4-5-7-20(18)24/h4-7,10-13,23H,8-9,14H2,1-3H3/t23-/m1/s1. The number of rotatable bonds is 5. The first kappa shape index (κ1) is 19.3. The van der Waals surface area contributed by atoms with Crippen molar-refractivity contribution in [2.24, 2.45) is 0 Å². The normalized spacial score (nSPS) is 16.3. The first-order valence-corrected chi connectivity index (χ1v) is 9.61. The maximum Gasteiger partial charge on any atom is 0.161 e. The van der Waals surface area contributed by atoms with E-state index < -0.39 is 0 Å². The smallest absolute Gasteiger partial charge is 0.161 e. The molecule has 0 fully saturated rings. The molecule has 0 radical (unpaired) electrons. The number of nitrogens with zero attached hydrogens (tertiary/aromatic N) is 3. The SMILES string of the molecule is COc1cc2c(cc1OC)[C@@H](c1ccccc1F)N(Cc1cnc(C)nc1)CC2. The molecular weight excluding hydrogens is 369 g/mol. The Balaban J connectivity index is 1.81. The van der Waals surface area contributed by atoms with Gasteiger partial charge in [0, 0.05) is 36.6 Å². The molecule has 6 heteroatoms. The van der Waals surface area contributed by atoms with Gasteiger partial charge in [0.1, 0.15) is 11.6 Å². The molecule has 0 saturated carbocycles. The zero-order valence-electron chi connectivity index (χ0n) is 16.9. The van der Waals surface area contributed by atoms with E-state index in [1.165, 1.54) is 6.07 Å². The minimum absolute atomic E-state index is 0.217. The van der Waals surface area contributed by atoms with Crippen LogP contribution in [0.2, 0.25) is 0 Å². The molecule has 0 bridgehead atoms. The first-order chi connectivity index (χ1) is 14.1. The summed E-state index contributed by atoms with van der Waals surface area (Å²) in [6, 6.07) is 10.7. The number of hydrogen-bond acceptors (Lipinski definition) is 5. The molecule has 0 unspecified atom stereocenters. The maximum absolute atomic E-state index is 14.9. The second kappa shape index (κ2) is 8.17. The quantitative estimate of drug-likeness (QED) is 0.653. The summed E-state index contributed by atoms with van der Waals surface area (Å²) in [6.45, 7) is 3.28. The van der Waals surface area contributed by atoms with Crippen LogP contribution in [0.4, 0.5) is 4.39 Å². The van der Waals surface area contributed by atoms with Crippen molar-refractivity contribution in [3.63, 3.8) is 0 Å². The van der Waals surface area contributed by atoms with Crippen LogP contribution >= 0.6 is 0 Å². The number of fused-ring (bicyclic) bond motifs is 1. The molecule has 5 nitrogen and oxygen atoms in total. The number of benzene rings is 2. The molecule has 0 spiro atoms. The number of hydrogen-bond donors (Lipinski definition) is 0. The lowest BCUT2D eigenvalue weighted by Crippen LogP contribution is -2.36. The molecule has 150 valence electrons. The van der Waals surface area contributed by atoms with Crippen LogP contribution in [0.15, 0.2) is 48.8 Å². The average molecular weight is 393 g/mol. The largest absolute Gasteiger partial charge is 0.493 e. The van der Waals surface area contributed by atoms with Gasteiger partial charge in [-0.3, -0.25) is 4.90 Å². The molecule has 3 aromatic rings. The lowest BCUT2D eigenvalue weighted by Gasteiger charge is -2.38. The van der Waals surface area contributed by atoms with Crippen LogP contribution < -0.4 is 9.47 Å². The number of halogens is 1. The summed E-state index contributed by atoms with van der Waals surface area (Å²) in [4.78, 5) is 10.9. The number of aromatic nitrogens is 2. The van der Waals surface area contributed by atoms with Crippen molar-refractivity contribution >= 4 is 0 Å². The van der Waals surface area contributed by atoms with Crippen molar-refractivity contribution in [3.8, 4) is 11.5 Å². The van der Waals surface area contributed by atoms with Crippen LogP contribution in [-0.2, 0) is 13.0 Å². The van der Waals surface area contributed by atoms with Gasteiger partial charge in [-0.25, -0.2) is 14.4 Å². The lowest BCUT2D eigenvalue weighted by molar-refractivity contribution is 0.199. The Bertz CT molecular complexity index is 1010. The summed E-state index contributed by atoms with van der Waals surface area (Å²) < 4.78 is 25.9. The van der Waals surface area contributed by atoms with Gasteiger partial charge in [-0.05, 0) is 42.7 Å². The van der Waals surface area contributed by atoms with E-state index in [1.807, 2.05) is 43.6 Å². The molecular formula is C23H24FN3O2. The lowest BCUT2D eigenvalue weighted by atomic mass is 9.87. The van der Waals surface area contributed by atoms with Crippen LogP contribution in [0.25, 0.3) is 0 Å². The van der Waals surface area contributed by atoms with Gasteiger partial charge < -0.3 is 9.47 Å². The highest BCUT2D eigenvalue weighted by Gasteiger charge is 2.32. The summed E-state index contributed by atoms with van der Waals surface area (Å²) >= 11 is 0. The first-order valence-electron chi connectivity index (χ1n) is 9.61. The fourth-order valence-corrected chi connectivity index (χ4v) is 3.96. The van der Waals surface area contributed by atoms with Gasteiger partial charge >= 0.3 is 0 Å². The number of methoxy groups -OCH3 is 2. The third kappa shape index (κ3) is 3.80. The van der Waals surface area contributed by atoms with Gasteiger partial charge in [0.25, 0.3) is 0 Å². The molecule has 0 saturated heterocycles. The summed E-state index contributed by atoms with van der Waals surface area (Å²) in [5.41, 5.74) is 3.83. The van der Waals surface area contributed by atoms with Gasteiger partial charge in [-0.2, -0.15) is 0 Å². The van der Waals surface area contributed by atoms with E-state index in [1.54, 1.807) is 20.3 Å². The molecule has 1 aromatic heterocycles. The predicted molar refractivity (Wildman–Crippen MR) is 109 cm³/mol. The van der Waals surface area contributed by atoms with Crippen molar-refractivity contribution in [2.45, 2.75) is 25.9 Å². The monoisotopic (exact) mass is 393 g/mol. The van der Waals surface area contributed by atoms with Crippen molar-refractivity contribution in [1.82, 2.24) is 14.9 Å². The third-order valence-electron chi connectivity index (χ3n) is 5.39. The Kier molecular flexibility index (Phi) is 5.45. The van der Waals surface area contributed by atoms with Crippen LogP contribution in [0.3, 0.4) is 0 Å². The van der Waals surface area contributed by atoms with E-state index in [4.69, 9.17) is 9.47 Å². The highest BCUT2D eigenvalue weighted by Crippen LogP contribution is 2.42. The van der Waals surface area contributed by atoms with Gasteiger partial charge in [-0.15, -0.1) is 0 Å². The topological polar surface area (TPSA) is 47.5 Å². The molecule has 1 aliphatic heterocycles. The second-order valence-electron chi connectivity index (χ2n) is 7.19. The summed E-state index contributed by atoms with van der Waals surface area (Å²) in [6.07, 6.45) is 4.52. The Morgan fingerprint density at radius 1 is 1.03 bits per heavy atom. The minimum Gasteiger partial charge on any atom is -0.493 e. The molecule has 0 N–H and O–H groups in total. The Labute approximate surface area is 170 Å². The highest BCUT2D eigenvalue weighted by atomic mass is 19.1. The molecule has 1 atom stereocenters. The van der Waals surface area contributed by atoms with Gasteiger partial charge in [-0.1, -0.05) is 18.2 Å². The Hall–Kier alpha value is -2.99. The van der Waals surface area contributed by atoms with Crippen LogP contribution in [-0.4, -0.2) is 35.6 Å². The fraction of sp³-hybridized carbons (Fsp3) is 0.304. The molecule has 29 heavy (non-hydrogen) atoms. The van der Waals surface area contributed by atoms with E-state index in [2.05, 4.69) is 14.9 Å². The zero-order valence-corrected chi connectivity index (χ0v) is 16.9. The fourth-order valence-electron chi connectivity index (χ4n) is 3.96. The van der Waals surface area contributed by atoms with Crippen LogP contribution in [0.5, 0.6) is 11.5 Å². The maximum atomic E-state index is 14.9. The van der Waals surface area contributed by atoms with Gasteiger partial charge in [0.05, 0.1) is 20.3 Å². The van der Waals surface area contributed by atoms with Crippen molar-refractivity contribution in [3.05, 3.63) is 82.7 Å². The molecule has 0 aliphatic carbocycles. The van der Waals surface area contributed by atoms with E-state index >= 15 is 0 Å².